The van der Waals surface area contributed by atoms with Crippen molar-refractivity contribution in [1.82, 2.24) is 4.57 Å². The number of anilines is 3. The minimum atomic E-state index is -0.180. The Morgan fingerprint density at radius 3 is 1.40 bits per heavy atom. The van der Waals surface area contributed by atoms with Crippen LogP contribution in [0.2, 0.25) is 0 Å². The minimum absolute atomic E-state index is 0.117. The molecule has 0 N–H and O–H groups in total. The second kappa shape index (κ2) is 15.2. The zero-order valence-electron chi connectivity index (χ0n) is 38.8. The van der Waals surface area contributed by atoms with Crippen molar-refractivity contribution in [3.63, 3.8) is 0 Å². The number of hydrogen-bond acceptors (Lipinski definition) is 1. The summed E-state index contributed by atoms with van der Waals surface area (Å²) >= 11 is 0. The molecule has 0 spiro atoms. The van der Waals surface area contributed by atoms with Gasteiger partial charge in [-0.15, -0.1) is 0 Å². The van der Waals surface area contributed by atoms with Gasteiger partial charge in [-0.25, -0.2) is 0 Å². The first-order chi connectivity index (χ1) is 33.2. The molecule has 0 fully saturated rings. The molecule has 0 amide bonds. The molecule has 0 saturated carbocycles. The molecule has 324 valence electrons. The third-order valence-electron chi connectivity index (χ3n) is 15.2. The lowest BCUT2D eigenvalue weighted by Gasteiger charge is -2.30. The van der Waals surface area contributed by atoms with Crippen LogP contribution in [0.4, 0.5) is 17.1 Å². The van der Waals surface area contributed by atoms with E-state index in [1.54, 1.807) is 0 Å². The van der Waals surface area contributed by atoms with Crippen LogP contribution in [0.25, 0.3) is 83.1 Å². The number of rotatable bonds is 7. The summed E-state index contributed by atoms with van der Waals surface area (Å²) < 4.78 is 2.39. The molecule has 2 nitrogen and oxygen atoms in total. The van der Waals surface area contributed by atoms with E-state index in [0.29, 0.717) is 0 Å². The Bertz CT molecular complexity index is 3760. The molecule has 11 aromatic rings. The SMILES string of the molecule is CC1(C)c2ccccc2-c2ccc(N(c3ccc(-c4ccc(-c5ccc6c7ccccc7n(-c7ccccc7)c6c5)cc4)cc3)c3ccc4c(c3)C(C)(C)c3cc(-c5ccccc5)ccc3-4)cc21. The molecule has 0 atom stereocenters. The molecule has 0 saturated heterocycles. The van der Waals surface area contributed by atoms with Crippen molar-refractivity contribution in [3.05, 3.63) is 253 Å². The van der Waals surface area contributed by atoms with E-state index >= 15 is 0 Å². The predicted octanol–water partition coefficient (Wildman–Crippen LogP) is 17.9. The summed E-state index contributed by atoms with van der Waals surface area (Å²) in [6, 6.07) is 85.5. The first kappa shape index (κ1) is 40.1. The highest BCUT2D eigenvalue weighted by Crippen LogP contribution is 2.54. The summed E-state index contributed by atoms with van der Waals surface area (Å²) in [5.41, 5.74) is 24.8. The molecule has 10 aromatic carbocycles. The molecular weight excluding hydrogens is 821 g/mol. The molecule has 1 heterocycles. The summed E-state index contributed by atoms with van der Waals surface area (Å²) in [5, 5.41) is 2.53. The molecule has 2 heteroatoms. The second-order valence-electron chi connectivity index (χ2n) is 19.8. The Morgan fingerprint density at radius 1 is 0.294 bits per heavy atom. The van der Waals surface area contributed by atoms with E-state index in [1.807, 2.05) is 0 Å². The number of hydrogen-bond donors (Lipinski definition) is 0. The van der Waals surface area contributed by atoms with Gasteiger partial charge in [0.05, 0.1) is 11.0 Å². The van der Waals surface area contributed by atoms with Gasteiger partial charge in [0.15, 0.2) is 0 Å². The average Bonchev–Trinajstić information content (AvgIpc) is 3.93. The highest BCUT2D eigenvalue weighted by Gasteiger charge is 2.38. The second-order valence-corrected chi connectivity index (χ2v) is 19.8. The largest absolute Gasteiger partial charge is 0.310 e. The summed E-state index contributed by atoms with van der Waals surface area (Å²) in [5.74, 6) is 0. The number of aromatic nitrogens is 1. The van der Waals surface area contributed by atoms with Crippen LogP contribution in [0, 0.1) is 0 Å². The number of nitrogens with zero attached hydrogens (tertiary/aromatic N) is 2. The van der Waals surface area contributed by atoms with Crippen molar-refractivity contribution in [2.24, 2.45) is 0 Å². The van der Waals surface area contributed by atoms with Crippen molar-refractivity contribution in [3.8, 4) is 61.3 Å². The van der Waals surface area contributed by atoms with Crippen LogP contribution in [-0.2, 0) is 10.8 Å². The summed E-state index contributed by atoms with van der Waals surface area (Å²) in [6.45, 7) is 9.51. The van der Waals surface area contributed by atoms with Gasteiger partial charge in [0, 0.05) is 44.4 Å². The zero-order valence-corrected chi connectivity index (χ0v) is 38.8. The maximum Gasteiger partial charge on any atom is 0.0547 e. The monoisotopic (exact) mass is 870 g/mol. The van der Waals surface area contributed by atoms with Crippen LogP contribution in [0.3, 0.4) is 0 Å². The van der Waals surface area contributed by atoms with Gasteiger partial charge in [-0.1, -0.05) is 191 Å². The molecule has 0 radical (unpaired) electrons. The number of benzene rings is 10. The topological polar surface area (TPSA) is 8.17 Å². The molecule has 0 bridgehead atoms. The van der Waals surface area contributed by atoms with E-state index < -0.39 is 0 Å². The van der Waals surface area contributed by atoms with Crippen molar-refractivity contribution in [2.75, 3.05) is 4.90 Å². The Morgan fingerprint density at radius 2 is 0.721 bits per heavy atom. The van der Waals surface area contributed by atoms with E-state index in [4.69, 9.17) is 0 Å². The predicted molar refractivity (Wildman–Crippen MR) is 287 cm³/mol. The molecule has 2 aliphatic rings. The Hall–Kier alpha value is -8.20. The highest BCUT2D eigenvalue weighted by atomic mass is 15.1. The van der Waals surface area contributed by atoms with Crippen LogP contribution in [0.5, 0.6) is 0 Å². The maximum absolute atomic E-state index is 2.46. The van der Waals surface area contributed by atoms with Crippen molar-refractivity contribution in [2.45, 2.75) is 38.5 Å². The van der Waals surface area contributed by atoms with Gasteiger partial charge in [0.2, 0.25) is 0 Å². The lowest BCUT2D eigenvalue weighted by molar-refractivity contribution is 0.660. The van der Waals surface area contributed by atoms with Gasteiger partial charge >= 0.3 is 0 Å². The van der Waals surface area contributed by atoms with Gasteiger partial charge in [-0.2, -0.15) is 0 Å². The fourth-order valence-corrected chi connectivity index (χ4v) is 11.6. The number of fused-ring (bicyclic) bond motifs is 9. The van der Waals surface area contributed by atoms with E-state index in [2.05, 4.69) is 268 Å². The normalized spacial score (nSPS) is 13.8. The van der Waals surface area contributed by atoms with Crippen molar-refractivity contribution in [1.29, 1.82) is 0 Å². The standard InChI is InChI=1S/C66H50N2/c1-65(2)59-21-13-11-19-53(59)55-37-33-51(41-61(55)65)67(52-34-38-56-54-35-29-47(43-15-7-5-8-16-43)39-60(54)66(3,4)62(56)42-52)50-31-27-45(28-32-50)44-23-25-46(26-24-44)48-30-36-58-57-20-12-14-22-63(57)68(64(58)40-48)49-17-9-6-10-18-49/h5-42H,1-4H3. The van der Waals surface area contributed by atoms with E-state index in [-0.39, 0.29) is 10.8 Å². The first-order valence-electron chi connectivity index (χ1n) is 23.9. The molecule has 1 aromatic heterocycles. The summed E-state index contributed by atoms with van der Waals surface area (Å²) in [6.07, 6.45) is 0. The zero-order chi connectivity index (χ0) is 45.7. The smallest absolute Gasteiger partial charge is 0.0547 e. The summed E-state index contributed by atoms with van der Waals surface area (Å²) in [7, 11) is 0. The lowest BCUT2D eigenvalue weighted by atomic mass is 9.81. The number of para-hydroxylation sites is 2. The Labute approximate surface area is 399 Å². The molecule has 2 aliphatic carbocycles. The molecule has 0 unspecified atom stereocenters. The van der Waals surface area contributed by atoms with Gasteiger partial charge in [-0.05, 0) is 145 Å². The van der Waals surface area contributed by atoms with Gasteiger partial charge in [0.1, 0.15) is 0 Å². The van der Waals surface area contributed by atoms with Gasteiger partial charge < -0.3 is 9.47 Å². The fraction of sp³-hybridized carbons (Fsp3) is 0.0909. The third kappa shape index (κ3) is 6.17. The highest BCUT2D eigenvalue weighted by molar-refractivity contribution is 6.10. The van der Waals surface area contributed by atoms with Crippen LogP contribution in [-0.4, -0.2) is 4.57 Å². The van der Waals surface area contributed by atoms with E-state index in [9.17, 15) is 0 Å². The van der Waals surface area contributed by atoms with E-state index in [0.717, 1.165) is 17.1 Å². The first-order valence-corrected chi connectivity index (χ1v) is 23.9. The molecule has 0 aliphatic heterocycles. The summed E-state index contributed by atoms with van der Waals surface area (Å²) in [4.78, 5) is 2.46. The van der Waals surface area contributed by atoms with Crippen molar-refractivity contribution >= 4 is 38.9 Å². The Kier molecular flexibility index (Phi) is 8.95. The fourth-order valence-electron chi connectivity index (χ4n) is 11.6. The van der Waals surface area contributed by atoms with Gasteiger partial charge in [-0.3, -0.25) is 0 Å². The average molecular weight is 871 g/mol. The molecule has 13 rings (SSSR count). The lowest BCUT2D eigenvalue weighted by Crippen LogP contribution is -2.18. The maximum atomic E-state index is 2.46. The minimum Gasteiger partial charge on any atom is -0.310 e. The van der Waals surface area contributed by atoms with Crippen molar-refractivity contribution < 1.29 is 0 Å². The van der Waals surface area contributed by atoms with Crippen LogP contribution in [0.1, 0.15) is 49.9 Å². The molecular formula is C66H50N2. The quantitative estimate of drug-likeness (QED) is 0.155. The molecule has 68 heavy (non-hydrogen) atoms. The van der Waals surface area contributed by atoms with Crippen LogP contribution < -0.4 is 4.90 Å². The van der Waals surface area contributed by atoms with Crippen LogP contribution >= 0.6 is 0 Å². The van der Waals surface area contributed by atoms with Gasteiger partial charge in [0.25, 0.3) is 0 Å². The Balaban J connectivity index is 0.871. The van der Waals surface area contributed by atoms with E-state index in [1.165, 1.54) is 105 Å². The van der Waals surface area contributed by atoms with Crippen LogP contribution in [0.15, 0.2) is 231 Å². The third-order valence-corrected chi connectivity index (χ3v) is 15.2.